The van der Waals surface area contributed by atoms with E-state index in [2.05, 4.69) is 0 Å². The molecule has 18 heavy (non-hydrogen) atoms. The van der Waals surface area contributed by atoms with Crippen molar-refractivity contribution in [3.8, 4) is 0 Å². The predicted molar refractivity (Wildman–Crippen MR) is 62.1 cm³/mol. The van der Waals surface area contributed by atoms with E-state index >= 15 is 0 Å². The van der Waals surface area contributed by atoms with Gasteiger partial charge >= 0.3 is 0 Å². The summed E-state index contributed by atoms with van der Waals surface area (Å²) >= 11 is 0. The highest BCUT2D eigenvalue weighted by atomic mass is 19.1. The van der Waals surface area contributed by atoms with Gasteiger partial charge < -0.3 is 5.11 Å². The van der Waals surface area contributed by atoms with Crippen molar-refractivity contribution in [3.63, 3.8) is 0 Å². The van der Waals surface area contributed by atoms with Gasteiger partial charge in [0.2, 0.25) is 0 Å². The Hall–Kier alpha value is -2.07. The normalized spacial score (nSPS) is 12.2. The fourth-order valence-corrected chi connectivity index (χ4v) is 1.57. The largest absolute Gasteiger partial charge is 0.380 e. The van der Waals surface area contributed by atoms with Crippen LogP contribution in [-0.4, -0.2) is 10.9 Å². The number of carbonyl (C=O) groups is 1. The summed E-state index contributed by atoms with van der Waals surface area (Å²) in [5, 5.41) is 9.84. The van der Waals surface area contributed by atoms with E-state index in [0.717, 1.165) is 24.3 Å². The Balaban J connectivity index is 2.23. The average molecular weight is 248 g/mol. The molecule has 0 radical (unpaired) electrons. The highest BCUT2D eigenvalue weighted by molar-refractivity contribution is 5.99. The van der Waals surface area contributed by atoms with E-state index in [9.17, 15) is 18.7 Å². The zero-order valence-electron chi connectivity index (χ0n) is 9.31. The number of carbonyl (C=O) groups excluding carboxylic acids is 1. The van der Waals surface area contributed by atoms with E-state index in [1.165, 1.54) is 24.3 Å². The molecular formula is C14H10F2O2. The topological polar surface area (TPSA) is 37.3 Å². The molecule has 0 amide bonds. The first-order valence-corrected chi connectivity index (χ1v) is 5.31. The maximum absolute atomic E-state index is 12.7. The van der Waals surface area contributed by atoms with Crippen LogP contribution < -0.4 is 0 Å². The van der Waals surface area contributed by atoms with Gasteiger partial charge in [-0.3, -0.25) is 4.79 Å². The number of benzene rings is 2. The first kappa shape index (κ1) is 12.4. The Morgan fingerprint density at radius 1 is 0.889 bits per heavy atom. The summed E-state index contributed by atoms with van der Waals surface area (Å²) in [5.41, 5.74) is 0.499. The van der Waals surface area contributed by atoms with Gasteiger partial charge in [0.15, 0.2) is 5.78 Å². The van der Waals surface area contributed by atoms with Gasteiger partial charge in [0.25, 0.3) is 0 Å². The number of rotatable bonds is 3. The number of aliphatic hydroxyl groups is 1. The summed E-state index contributed by atoms with van der Waals surface area (Å²) < 4.78 is 25.4. The van der Waals surface area contributed by atoms with Crippen LogP contribution in [0.4, 0.5) is 8.78 Å². The van der Waals surface area contributed by atoms with Crippen LogP contribution in [0.3, 0.4) is 0 Å². The lowest BCUT2D eigenvalue weighted by molar-refractivity contribution is 0.0747. The molecule has 4 heteroatoms. The van der Waals surface area contributed by atoms with Crippen LogP contribution in [0.2, 0.25) is 0 Å². The van der Waals surface area contributed by atoms with E-state index in [1.54, 1.807) is 0 Å². The summed E-state index contributed by atoms with van der Waals surface area (Å²) in [6.45, 7) is 0. The van der Waals surface area contributed by atoms with E-state index in [-0.39, 0.29) is 5.56 Å². The van der Waals surface area contributed by atoms with Gasteiger partial charge in [-0.15, -0.1) is 0 Å². The number of hydrogen-bond donors (Lipinski definition) is 1. The summed E-state index contributed by atoms with van der Waals surface area (Å²) in [4.78, 5) is 11.9. The third kappa shape index (κ3) is 2.60. The Kier molecular flexibility index (Phi) is 3.48. The fraction of sp³-hybridized carbons (Fsp3) is 0.0714. The van der Waals surface area contributed by atoms with E-state index < -0.39 is 23.5 Å². The SMILES string of the molecule is O=C(c1ccc(F)cc1)[C@@H](O)c1ccc(F)cc1. The minimum Gasteiger partial charge on any atom is -0.380 e. The fourth-order valence-electron chi connectivity index (χ4n) is 1.57. The maximum atomic E-state index is 12.7. The molecule has 0 saturated carbocycles. The van der Waals surface area contributed by atoms with Crippen LogP contribution in [0.15, 0.2) is 48.5 Å². The van der Waals surface area contributed by atoms with Gasteiger partial charge in [0.05, 0.1) is 0 Å². The van der Waals surface area contributed by atoms with Crippen molar-refractivity contribution in [2.75, 3.05) is 0 Å². The van der Waals surface area contributed by atoms with E-state index in [4.69, 9.17) is 0 Å². The number of ketones is 1. The first-order chi connectivity index (χ1) is 8.58. The minimum absolute atomic E-state index is 0.202. The molecule has 2 aromatic rings. The molecule has 1 N–H and O–H groups in total. The summed E-state index contributed by atoms with van der Waals surface area (Å²) in [5.74, 6) is -1.45. The smallest absolute Gasteiger partial charge is 0.195 e. The van der Waals surface area contributed by atoms with Crippen molar-refractivity contribution in [3.05, 3.63) is 71.3 Å². The van der Waals surface area contributed by atoms with E-state index in [0.29, 0.717) is 5.56 Å². The van der Waals surface area contributed by atoms with Gasteiger partial charge in [-0.1, -0.05) is 12.1 Å². The van der Waals surface area contributed by atoms with Gasteiger partial charge in [-0.25, -0.2) is 8.78 Å². The number of aliphatic hydroxyl groups excluding tert-OH is 1. The molecule has 0 fully saturated rings. The number of halogens is 2. The predicted octanol–water partition coefficient (Wildman–Crippen LogP) is 2.88. The molecule has 0 unspecified atom stereocenters. The van der Waals surface area contributed by atoms with Crippen LogP contribution in [0.25, 0.3) is 0 Å². The Bertz CT molecular complexity index is 547. The zero-order valence-corrected chi connectivity index (χ0v) is 9.31. The maximum Gasteiger partial charge on any atom is 0.195 e. The Morgan fingerprint density at radius 3 is 1.83 bits per heavy atom. The second-order valence-electron chi connectivity index (χ2n) is 3.83. The summed E-state index contributed by atoms with van der Waals surface area (Å²) in [6.07, 6.45) is -1.38. The van der Waals surface area contributed by atoms with Crippen molar-refractivity contribution in [2.45, 2.75) is 6.10 Å². The van der Waals surface area contributed by atoms with Crippen molar-refractivity contribution in [1.82, 2.24) is 0 Å². The molecule has 0 heterocycles. The molecule has 0 aliphatic carbocycles. The van der Waals surface area contributed by atoms with Gasteiger partial charge in [-0.2, -0.15) is 0 Å². The standard InChI is InChI=1S/C14H10F2O2/c15-11-5-1-9(2-6-11)13(17)14(18)10-3-7-12(16)8-4-10/h1-8,13,17H/t13-/m0/s1. The molecule has 1 atom stereocenters. The highest BCUT2D eigenvalue weighted by Gasteiger charge is 2.19. The average Bonchev–Trinajstić information content (AvgIpc) is 2.39. The lowest BCUT2D eigenvalue weighted by Gasteiger charge is -2.09. The van der Waals surface area contributed by atoms with Crippen molar-refractivity contribution in [2.24, 2.45) is 0 Å². The zero-order chi connectivity index (χ0) is 13.1. The van der Waals surface area contributed by atoms with Crippen molar-refractivity contribution < 1.29 is 18.7 Å². The molecule has 92 valence electrons. The molecule has 0 aliphatic rings. The van der Waals surface area contributed by atoms with Crippen LogP contribution in [0.1, 0.15) is 22.0 Å². The first-order valence-electron chi connectivity index (χ1n) is 5.31. The lowest BCUT2D eigenvalue weighted by atomic mass is 10.00. The van der Waals surface area contributed by atoms with Crippen LogP contribution in [-0.2, 0) is 0 Å². The molecule has 2 nitrogen and oxygen atoms in total. The quantitative estimate of drug-likeness (QED) is 0.848. The van der Waals surface area contributed by atoms with Gasteiger partial charge in [-0.05, 0) is 42.0 Å². The van der Waals surface area contributed by atoms with E-state index in [1.807, 2.05) is 0 Å². The second kappa shape index (κ2) is 5.06. The van der Waals surface area contributed by atoms with Crippen LogP contribution >= 0.6 is 0 Å². The number of hydrogen-bond acceptors (Lipinski definition) is 2. The Morgan fingerprint density at radius 2 is 1.33 bits per heavy atom. The lowest BCUT2D eigenvalue weighted by Crippen LogP contribution is -2.12. The van der Waals surface area contributed by atoms with Crippen LogP contribution in [0, 0.1) is 11.6 Å². The summed E-state index contributed by atoms with van der Waals surface area (Å²) in [7, 11) is 0. The molecule has 0 aliphatic heterocycles. The molecule has 0 spiro atoms. The van der Waals surface area contributed by atoms with Crippen molar-refractivity contribution in [1.29, 1.82) is 0 Å². The molecular weight excluding hydrogens is 238 g/mol. The second-order valence-corrected chi connectivity index (χ2v) is 3.83. The highest BCUT2D eigenvalue weighted by Crippen LogP contribution is 2.19. The molecule has 0 saturated heterocycles. The minimum atomic E-state index is -1.38. The van der Waals surface area contributed by atoms with Gasteiger partial charge in [0.1, 0.15) is 17.7 Å². The molecule has 0 aromatic heterocycles. The monoisotopic (exact) mass is 248 g/mol. The summed E-state index contributed by atoms with van der Waals surface area (Å²) in [6, 6.07) is 9.87. The van der Waals surface area contributed by atoms with Gasteiger partial charge in [0, 0.05) is 5.56 Å². The molecule has 2 rings (SSSR count). The van der Waals surface area contributed by atoms with Crippen LogP contribution in [0.5, 0.6) is 0 Å². The third-order valence-corrected chi connectivity index (χ3v) is 2.56. The van der Waals surface area contributed by atoms with Crippen molar-refractivity contribution >= 4 is 5.78 Å². The molecule has 2 aromatic carbocycles. The molecule has 0 bridgehead atoms. The Labute approximate surface area is 103 Å². The third-order valence-electron chi connectivity index (χ3n) is 2.56. The number of Topliss-reactive ketones (excluding diaryl/α,β-unsaturated/α-hetero) is 1.